The Labute approximate surface area is 198 Å². The van der Waals surface area contributed by atoms with Crippen LogP contribution in [0.25, 0.3) is 6.08 Å². The summed E-state index contributed by atoms with van der Waals surface area (Å²) >= 11 is 0.811. The lowest BCUT2D eigenvalue weighted by Crippen LogP contribution is -2.36. The number of benzene rings is 2. The Kier molecular flexibility index (Phi) is 8.16. The van der Waals surface area contributed by atoms with E-state index >= 15 is 0 Å². The van der Waals surface area contributed by atoms with E-state index in [1.807, 2.05) is 32.0 Å². The zero-order chi connectivity index (χ0) is 24.0. The molecule has 8 heteroatoms. The Morgan fingerprint density at radius 3 is 2.48 bits per heavy atom. The number of aryl methyl sites for hydroxylation is 2. The molecule has 1 fully saturated rings. The minimum absolute atomic E-state index is 0.251. The standard InChI is InChI=1S/C25H28N2O5S/c1-5-6-9-32-20-8-7-18(13-21(20)31-4)14-22-24(29)27(25(30)33-22)15-23(28)26-19-11-16(2)10-17(3)12-19/h7-8,10-14H,5-6,9,15H2,1-4H3,(H,26,28)/b22-14-. The zero-order valence-corrected chi connectivity index (χ0v) is 20.1. The number of thioether (sulfide) groups is 1. The molecule has 1 saturated heterocycles. The summed E-state index contributed by atoms with van der Waals surface area (Å²) in [6.07, 6.45) is 3.58. The van der Waals surface area contributed by atoms with E-state index in [0.717, 1.165) is 40.6 Å². The summed E-state index contributed by atoms with van der Waals surface area (Å²) < 4.78 is 11.1. The summed E-state index contributed by atoms with van der Waals surface area (Å²) in [6.45, 7) is 6.20. The van der Waals surface area contributed by atoms with Gasteiger partial charge < -0.3 is 14.8 Å². The Hall–Kier alpha value is -3.26. The lowest BCUT2D eigenvalue weighted by molar-refractivity contribution is -0.127. The quantitative estimate of drug-likeness (QED) is 0.404. The monoisotopic (exact) mass is 468 g/mol. The molecule has 1 aliphatic rings. The molecule has 0 spiro atoms. The number of carbonyl (C=O) groups is 3. The summed E-state index contributed by atoms with van der Waals surface area (Å²) in [6, 6.07) is 11.0. The molecular weight excluding hydrogens is 440 g/mol. The van der Waals surface area contributed by atoms with Gasteiger partial charge in [0.05, 0.1) is 18.6 Å². The molecule has 174 valence electrons. The molecule has 0 aromatic heterocycles. The maximum Gasteiger partial charge on any atom is 0.294 e. The summed E-state index contributed by atoms with van der Waals surface area (Å²) in [7, 11) is 1.55. The van der Waals surface area contributed by atoms with Crippen LogP contribution in [-0.4, -0.2) is 42.2 Å². The molecule has 2 aromatic carbocycles. The van der Waals surface area contributed by atoms with Crippen molar-refractivity contribution in [1.29, 1.82) is 0 Å². The third-order valence-electron chi connectivity index (χ3n) is 4.92. The van der Waals surface area contributed by atoms with E-state index in [1.165, 1.54) is 0 Å². The first-order chi connectivity index (χ1) is 15.8. The Morgan fingerprint density at radius 1 is 1.09 bits per heavy atom. The third kappa shape index (κ3) is 6.38. The SMILES string of the molecule is CCCCOc1ccc(/C=C2\SC(=O)N(CC(=O)Nc3cc(C)cc(C)c3)C2=O)cc1OC. The first kappa shape index (κ1) is 24.4. The highest BCUT2D eigenvalue weighted by molar-refractivity contribution is 8.18. The molecule has 1 N–H and O–H groups in total. The van der Waals surface area contributed by atoms with E-state index in [1.54, 1.807) is 31.4 Å². The fraction of sp³-hybridized carbons (Fsp3) is 0.320. The van der Waals surface area contributed by atoms with Crippen LogP contribution in [0.5, 0.6) is 11.5 Å². The van der Waals surface area contributed by atoms with E-state index in [0.29, 0.717) is 29.4 Å². The predicted molar refractivity (Wildman–Crippen MR) is 131 cm³/mol. The fourth-order valence-electron chi connectivity index (χ4n) is 3.40. The number of hydrogen-bond donors (Lipinski definition) is 1. The largest absolute Gasteiger partial charge is 0.493 e. The van der Waals surface area contributed by atoms with Gasteiger partial charge in [0.15, 0.2) is 11.5 Å². The van der Waals surface area contributed by atoms with Crippen LogP contribution < -0.4 is 14.8 Å². The van der Waals surface area contributed by atoms with Crippen LogP contribution in [0.4, 0.5) is 10.5 Å². The highest BCUT2D eigenvalue weighted by Gasteiger charge is 2.36. The minimum atomic E-state index is -0.497. The van der Waals surface area contributed by atoms with Crippen molar-refractivity contribution in [2.45, 2.75) is 33.6 Å². The van der Waals surface area contributed by atoms with E-state index in [9.17, 15) is 14.4 Å². The van der Waals surface area contributed by atoms with Gasteiger partial charge in [0.25, 0.3) is 11.1 Å². The third-order valence-corrected chi connectivity index (χ3v) is 5.83. The van der Waals surface area contributed by atoms with Crippen LogP contribution in [0.2, 0.25) is 0 Å². The van der Waals surface area contributed by atoms with Gasteiger partial charge in [0.1, 0.15) is 6.54 Å². The zero-order valence-electron chi connectivity index (χ0n) is 19.3. The van der Waals surface area contributed by atoms with Gasteiger partial charge in [-0.3, -0.25) is 19.3 Å². The van der Waals surface area contributed by atoms with Crippen LogP contribution in [0.3, 0.4) is 0 Å². The predicted octanol–water partition coefficient (Wildman–Crippen LogP) is 5.17. The van der Waals surface area contributed by atoms with E-state index in [4.69, 9.17) is 9.47 Å². The maximum absolute atomic E-state index is 12.8. The number of rotatable bonds is 9. The second kappa shape index (κ2) is 11.0. The first-order valence-corrected chi connectivity index (χ1v) is 11.6. The van der Waals surface area contributed by atoms with Crippen molar-refractivity contribution >= 4 is 40.6 Å². The molecule has 0 unspecified atom stereocenters. The van der Waals surface area contributed by atoms with Gasteiger partial charge in [-0.05, 0) is 79.1 Å². The molecule has 1 aliphatic heterocycles. The van der Waals surface area contributed by atoms with Crippen LogP contribution >= 0.6 is 11.8 Å². The van der Waals surface area contributed by atoms with Crippen LogP contribution in [0.1, 0.15) is 36.5 Å². The number of nitrogens with zero attached hydrogens (tertiary/aromatic N) is 1. The molecule has 0 radical (unpaired) electrons. The number of anilines is 1. The van der Waals surface area contributed by atoms with Crippen LogP contribution in [0, 0.1) is 13.8 Å². The van der Waals surface area contributed by atoms with Crippen molar-refractivity contribution < 1.29 is 23.9 Å². The molecular formula is C25H28N2O5S. The summed E-state index contributed by atoms with van der Waals surface area (Å²) in [5, 5.41) is 2.28. The van der Waals surface area contributed by atoms with Gasteiger partial charge in [-0.2, -0.15) is 0 Å². The molecule has 2 aromatic rings. The molecule has 0 atom stereocenters. The van der Waals surface area contributed by atoms with Crippen molar-refractivity contribution in [3.63, 3.8) is 0 Å². The second-order valence-corrected chi connectivity index (χ2v) is 8.80. The number of methoxy groups -OCH3 is 1. The van der Waals surface area contributed by atoms with Gasteiger partial charge >= 0.3 is 0 Å². The lowest BCUT2D eigenvalue weighted by Gasteiger charge is -2.13. The number of carbonyl (C=O) groups excluding carboxylic acids is 3. The maximum atomic E-state index is 12.8. The van der Waals surface area contributed by atoms with Crippen LogP contribution in [-0.2, 0) is 9.59 Å². The number of hydrogen-bond acceptors (Lipinski definition) is 6. The number of unbranched alkanes of at least 4 members (excludes halogenated alkanes) is 1. The molecule has 0 saturated carbocycles. The van der Waals surface area contributed by atoms with E-state index < -0.39 is 17.1 Å². The normalized spacial score (nSPS) is 14.7. The molecule has 3 rings (SSSR count). The molecule has 0 bridgehead atoms. The van der Waals surface area contributed by atoms with Crippen LogP contribution in [0.15, 0.2) is 41.3 Å². The average Bonchev–Trinajstić information content (AvgIpc) is 3.01. The summed E-state index contributed by atoms with van der Waals surface area (Å²) in [5.41, 5.74) is 3.35. The van der Waals surface area contributed by atoms with Gasteiger partial charge in [0, 0.05) is 5.69 Å². The highest BCUT2D eigenvalue weighted by Crippen LogP contribution is 2.34. The summed E-state index contributed by atoms with van der Waals surface area (Å²) in [5.74, 6) is 0.243. The topological polar surface area (TPSA) is 84.9 Å². The lowest BCUT2D eigenvalue weighted by atomic mass is 10.1. The highest BCUT2D eigenvalue weighted by atomic mass is 32.2. The number of amides is 3. The Bertz CT molecular complexity index is 1080. The summed E-state index contributed by atoms with van der Waals surface area (Å²) in [4.78, 5) is 38.9. The van der Waals surface area contributed by atoms with E-state index in [2.05, 4.69) is 12.2 Å². The van der Waals surface area contributed by atoms with Gasteiger partial charge in [-0.15, -0.1) is 0 Å². The van der Waals surface area contributed by atoms with Crippen molar-refractivity contribution in [3.8, 4) is 11.5 Å². The molecule has 1 heterocycles. The van der Waals surface area contributed by atoms with Crippen molar-refractivity contribution in [1.82, 2.24) is 4.90 Å². The van der Waals surface area contributed by atoms with Crippen molar-refractivity contribution in [3.05, 3.63) is 58.0 Å². The fourth-order valence-corrected chi connectivity index (χ4v) is 4.24. The second-order valence-electron chi connectivity index (χ2n) is 7.80. The molecule has 33 heavy (non-hydrogen) atoms. The average molecular weight is 469 g/mol. The number of imide groups is 1. The Morgan fingerprint density at radius 2 is 1.82 bits per heavy atom. The molecule has 0 aliphatic carbocycles. The van der Waals surface area contributed by atoms with Gasteiger partial charge in [-0.1, -0.05) is 25.5 Å². The van der Waals surface area contributed by atoms with Crippen molar-refractivity contribution in [2.75, 3.05) is 25.6 Å². The first-order valence-electron chi connectivity index (χ1n) is 10.7. The van der Waals surface area contributed by atoms with Gasteiger partial charge in [-0.25, -0.2) is 0 Å². The minimum Gasteiger partial charge on any atom is -0.493 e. The molecule has 7 nitrogen and oxygen atoms in total. The van der Waals surface area contributed by atoms with Crippen molar-refractivity contribution in [2.24, 2.45) is 0 Å². The number of ether oxygens (including phenoxy) is 2. The van der Waals surface area contributed by atoms with E-state index in [-0.39, 0.29) is 11.4 Å². The van der Waals surface area contributed by atoms with Gasteiger partial charge in [0.2, 0.25) is 5.91 Å². The smallest absolute Gasteiger partial charge is 0.294 e. The number of nitrogens with one attached hydrogen (secondary N) is 1. The Balaban J connectivity index is 1.69. The molecule has 3 amide bonds.